The highest BCUT2D eigenvalue weighted by molar-refractivity contribution is 8.00. The Morgan fingerprint density at radius 2 is 1.96 bits per heavy atom. The van der Waals surface area contributed by atoms with Gasteiger partial charge in [-0.05, 0) is 30.3 Å². The summed E-state index contributed by atoms with van der Waals surface area (Å²) < 4.78 is 37.5. The Labute approximate surface area is 148 Å². The number of hydrogen-bond donors (Lipinski definition) is 0. The molecule has 0 radical (unpaired) electrons. The van der Waals surface area contributed by atoms with Gasteiger partial charge in [0.05, 0.1) is 12.3 Å². The summed E-state index contributed by atoms with van der Waals surface area (Å²) in [7, 11) is 1.68. The van der Waals surface area contributed by atoms with E-state index in [2.05, 4.69) is 0 Å². The van der Waals surface area contributed by atoms with Crippen LogP contribution >= 0.6 is 11.8 Å². The van der Waals surface area contributed by atoms with Crippen molar-refractivity contribution in [3.63, 3.8) is 0 Å². The molecule has 1 heterocycles. The molecule has 0 fully saturated rings. The topological polar surface area (TPSA) is 38.8 Å². The Balaban J connectivity index is 1.50. The molecule has 2 aromatic carbocycles. The van der Waals surface area contributed by atoms with Gasteiger partial charge < -0.3 is 14.4 Å². The van der Waals surface area contributed by atoms with Gasteiger partial charge in [-0.15, -0.1) is 11.8 Å². The number of thioether (sulfide) groups is 1. The summed E-state index contributed by atoms with van der Waals surface area (Å²) in [4.78, 5) is 14.3. The summed E-state index contributed by atoms with van der Waals surface area (Å²) in [5.74, 6) is -0.458. The molecule has 0 bridgehead atoms. The van der Waals surface area contributed by atoms with Gasteiger partial charge in [0.1, 0.15) is 6.61 Å². The molecule has 0 unspecified atom stereocenters. The second kappa shape index (κ2) is 7.74. The van der Waals surface area contributed by atoms with Crippen LogP contribution in [-0.2, 0) is 4.79 Å². The van der Waals surface area contributed by atoms with E-state index in [1.54, 1.807) is 11.9 Å². The molecule has 0 aromatic heterocycles. The predicted octanol–water partition coefficient (Wildman–Crippen LogP) is 3.36. The number of fused-ring (bicyclic) bond motifs is 1. The monoisotopic (exact) mass is 365 g/mol. The molecule has 0 aliphatic carbocycles. The van der Waals surface area contributed by atoms with E-state index in [9.17, 15) is 13.6 Å². The van der Waals surface area contributed by atoms with Gasteiger partial charge in [-0.2, -0.15) is 0 Å². The molecule has 4 nitrogen and oxygen atoms in total. The zero-order valence-corrected chi connectivity index (χ0v) is 14.4. The summed E-state index contributed by atoms with van der Waals surface area (Å²) in [5, 5.41) is 0. The smallest absolute Gasteiger partial charge is 0.232 e. The van der Waals surface area contributed by atoms with E-state index in [0.29, 0.717) is 29.5 Å². The predicted molar refractivity (Wildman–Crippen MR) is 91.1 cm³/mol. The molecule has 1 amide bonds. The fraction of sp³-hybridized carbons (Fsp3) is 0.278. The van der Waals surface area contributed by atoms with Gasteiger partial charge in [0.25, 0.3) is 0 Å². The summed E-state index contributed by atoms with van der Waals surface area (Å²) in [6.07, 6.45) is -0.253. The maximum absolute atomic E-state index is 13.2. The summed E-state index contributed by atoms with van der Waals surface area (Å²) in [5.41, 5.74) is 0. The van der Waals surface area contributed by atoms with Crippen LogP contribution in [0.2, 0.25) is 0 Å². The third kappa shape index (κ3) is 4.42. The van der Waals surface area contributed by atoms with Crippen LogP contribution in [-0.4, -0.2) is 42.9 Å². The quantitative estimate of drug-likeness (QED) is 0.762. The molecule has 0 saturated heterocycles. The standard InChI is InChI=1S/C18H17F2NO3S/c1-21(9-12-10-23-16-4-2-3-5-17(16)24-12)18(22)11-25-13-6-7-14(19)15(20)8-13/h2-8,12H,9-11H2,1H3/t12-/m0/s1. The molecule has 1 atom stereocenters. The first-order valence-electron chi connectivity index (χ1n) is 7.73. The van der Waals surface area contributed by atoms with Gasteiger partial charge in [-0.3, -0.25) is 4.79 Å². The second-order valence-corrected chi connectivity index (χ2v) is 6.69. The highest BCUT2D eigenvalue weighted by Gasteiger charge is 2.23. The number of rotatable bonds is 5. The third-order valence-electron chi connectivity index (χ3n) is 3.72. The van der Waals surface area contributed by atoms with E-state index >= 15 is 0 Å². The molecule has 7 heteroatoms. The van der Waals surface area contributed by atoms with E-state index in [1.165, 1.54) is 6.07 Å². The van der Waals surface area contributed by atoms with Gasteiger partial charge >= 0.3 is 0 Å². The molecular formula is C18H17F2NO3S. The molecule has 0 N–H and O–H groups in total. The van der Waals surface area contributed by atoms with Crippen LogP contribution in [0.1, 0.15) is 0 Å². The normalized spacial score (nSPS) is 15.7. The SMILES string of the molecule is CN(C[C@H]1COc2ccccc2O1)C(=O)CSc1ccc(F)c(F)c1. The molecule has 0 spiro atoms. The Morgan fingerprint density at radius 1 is 1.20 bits per heavy atom. The fourth-order valence-electron chi connectivity index (χ4n) is 2.38. The van der Waals surface area contributed by atoms with E-state index in [4.69, 9.17) is 9.47 Å². The van der Waals surface area contributed by atoms with Crippen molar-refractivity contribution in [2.24, 2.45) is 0 Å². The van der Waals surface area contributed by atoms with Crippen LogP contribution in [0.3, 0.4) is 0 Å². The van der Waals surface area contributed by atoms with Crippen molar-refractivity contribution in [2.45, 2.75) is 11.0 Å². The number of hydrogen-bond acceptors (Lipinski definition) is 4. The first kappa shape index (κ1) is 17.5. The number of ether oxygens (including phenoxy) is 2. The minimum Gasteiger partial charge on any atom is -0.486 e. The lowest BCUT2D eigenvalue weighted by atomic mass is 10.2. The Morgan fingerprint density at radius 3 is 2.72 bits per heavy atom. The number of nitrogens with zero attached hydrogens (tertiary/aromatic N) is 1. The van der Waals surface area contributed by atoms with E-state index in [-0.39, 0.29) is 17.8 Å². The van der Waals surface area contributed by atoms with Gasteiger partial charge in [-0.1, -0.05) is 12.1 Å². The minimum absolute atomic E-state index is 0.128. The molecule has 1 aliphatic rings. The van der Waals surface area contributed by atoms with Crippen molar-refractivity contribution in [3.8, 4) is 11.5 Å². The molecule has 25 heavy (non-hydrogen) atoms. The maximum Gasteiger partial charge on any atom is 0.232 e. The van der Waals surface area contributed by atoms with E-state index < -0.39 is 11.6 Å². The van der Waals surface area contributed by atoms with Gasteiger partial charge in [0, 0.05) is 11.9 Å². The van der Waals surface area contributed by atoms with Crippen molar-refractivity contribution < 1.29 is 23.0 Å². The molecule has 1 aliphatic heterocycles. The van der Waals surface area contributed by atoms with Gasteiger partial charge in [0.2, 0.25) is 5.91 Å². The van der Waals surface area contributed by atoms with Gasteiger partial charge in [0.15, 0.2) is 29.2 Å². The first-order valence-corrected chi connectivity index (χ1v) is 8.72. The molecular weight excluding hydrogens is 348 g/mol. The number of para-hydroxylation sites is 2. The van der Waals surface area contributed by atoms with Crippen molar-refractivity contribution >= 4 is 17.7 Å². The second-order valence-electron chi connectivity index (χ2n) is 5.64. The molecule has 0 saturated carbocycles. The largest absolute Gasteiger partial charge is 0.486 e. The number of amides is 1. The zero-order chi connectivity index (χ0) is 17.8. The Kier molecular flexibility index (Phi) is 5.43. The summed E-state index contributed by atoms with van der Waals surface area (Å²) in [6.45, 7) is 0.746. The average molecular weight is 365 g/mol. The van der Waals surface area contributed by atoms with Crippen LogP contribution in [0.25, 0.3) is 0 Å². The van der Waals surface area contributed by atoms with Crippen molar-refractivity contribution in [1.29, 1.82) is 0 Å². The number of carbonyl (C=O) groups excluding carboxylic acids is 1. The summed E-state index contributed by atoms with van der Waals surface area (Å²) >= 11 is 1.16. The first-order chi connectivity index (χ1) is 12.0. The van der Waals surface area contributed by atoms with Crippen LogP contribution in [0.4, 0.5) is 8.78 Å². The highest BCUT2D eigenvalue weighted by Crippen LogP contribution is 2.31. The van der Waals surface area contributed by atoms with Crippen LogP contribution in [0.15, 0.2) is 47.4 Å². The summed E-state index contributed by atoms with van der Waals surface area (Å²) in [6, 6.07) is 11.0. The fourth-order valence-corrected chi connectivity index (χ4v) is 3.24. The van der Waals surface area contributed by atoms with Gasteiger partial charge in [-0.25, -0.2) is 8.78 Å². The zero-order valence-electron chi connectivity index (χ0n) is 13.6. The number of halogens is 2. The van der Waals surface area contributed by atoms with Crippen LogP contribution in [0, 0.1) is 11.6 Å². The molecule has 2 aromatic rings. The highest BCUT2D eigenvalue weighted by atomic mass is 32.2. The minimum atomic E-state index is -0.919. The lowest BCUT2D eigenvalue weighted by Crippen LogP contribution is -2.42. The van der Waals surface area contributed by atoms with Crippen LogP contribution in [0.5, 0.6) is 11.5 Å². The molecule has 3 rings (SSSR count). The number of likely N-dealkylation sites (N-methyl/N-ethyl adjacent to an activating group) is 1. The maximum atomic E-state index is 13.2. The van der Waals surface area contributed by atoms with E-state index in [1.807, 2.05) is 24.3 Å². The van der Waals surface area contributed by atoms with E-state index in [0.717, 1.165) is 23.9 Å². The Bertz CT molecular complexity index is 772. The lowest BCUT2D eigenvalue weighted by molar-refractivity contribution is -0.128. The molecule has 132 valence electrons. The van der Waals surface area contributed by atoms with Crippen molar-refractivity contribution in [1.82, 2.24) is 4.90 Å². The Hall–Kier alpha value is -2.28. The van der Waals surface area contributed by atoms with Crippen molar-refractivity contribution in [2.75, 3.05) is 26.0 Å². The van der Waals surface area contributed by atoms with Crippen molar-refractivity contribution in [3.05, 3.63) is 54.1 Å². The third-order valence-corrected chi connectivity index (χ3v) is 4.70. The number of benzene rings is 2. The number of carbonyl (C=O) groups is 1. The lowest BCUT2D eigenvalue weighted by Gasteiger charge is -2.29. The van der Waals surface area contributed by atoms with Crippen LogP contribution < -0.4 is 9.47 Å². The average Bonchev–Trinajstić information content (AvgIpc) is 2.62.